The SMILES string of the molecule is Nc1cc(F)c(S(=O)(=O)N(CCO)C2CCCC2)c(F)c1. The molecule has 0 bridgehead atoms. The Bertz CT molecular complexity index is 593. The molecule has 0 heterocycles. The number of halogens is 2. The van der Waals surface area contributed by atoms with Gasteiger partial charge < -0.3 is 10.8 Å². The monoisotopic (exact) mass is 320 g/mol. The fourth-order valence-corrected chi connectivity index (χ4v) is 4.50. The van der Waals surface area contributed by atoms with E-state index in [-0.39, 0.29) is 18.3 Å². The molecule has 2 rings (SSSR count). The maximum absolute atomic E-state index is 13.9. The first-order valence-corrected chi connectivity index (χ1v) is 8.19. The van der Waals surface area contributed by atoms with E-state index in [1.54, 1.807) is 0 Å². The third-order valence-electron chi connectivity index (χ3n) is 3.64. The molecule has 0 aromatic heterocycles. The first-order chi connectivity index (χ1) is 9.87. The van der Waals surface area contributed by atoms with Crippen LogP contribution in [0.4, 0.5) is 14.5 Å². The topological polar surface area (TPSA) is 83.6 Å². The van der Waals surface area contributed by atoms with Gasteiger partial charge in [0.05, 0.1) is 6.61 Å². The number of benzene rings is 1. The molecule has 0 aliphatic heterocycles. The molecule has 118 valence electrons. The molecule has 21 heavy (non-hydrogen) atoms. The third kappa shape index (κ3) is 3.17. The summed E-state index contributed by atoms with van der Waals surface area (Å²) in [7, 11) is -4.36. The molecule has 1 aromatic carbocycles. The first kappa shape index (κ1) is 16.1. The van der Waals surface area contributed by atoms with Gasteiger partial charge in [-0.2, -0.15) is 4.31 Å². The van der Waals surface area contributed by atoms with Crippen molar-refractivity contribution in [3.63, 3.8) is 0 Å². The molecule has 1 saturated carbocycles. The molecule has 0 radical (unpaired) electrons. The van der Waals surface area contributed by atoms with Gasteiger partial charge in [0, 0.05) is 18.3 Å². The van der Waals surface area contributed by atoms with Crippen LogP contribution in [0.3, 0.4) is 0 Å². The Morgan fingerprint density at radius 1 is 1.24 bits per heavy atom. The summed E-state index contributed by atoms with van der Waals surface area (Å²) >= 11 is 0. The van der Waals surface area contributed by atoms with Crippen molar-refractivity contribution in [3.8, 4) is 0 Å². The van der Waals surface area contributed by atoms with Crippen LogP contribution < -0.4 is 5.73 Å². The third-order valence-corrected chi connectivity index (χ3v) is 5.64. The summed E-state index contributed by atoms with van der Waals surface area (Å²) < 4.78 is 53.9. The molecule has 0 amide bonds. The minimum atomic E-state index is -4.36. The molecule has 0 atom stereocenters. The van der Waals surface area contributed by atoms with Gasteiger partial charge >= 0.3 is 0 Å². The van der Waals surface area contributed by atoms with Crippen LogP contribution in [0.2, 0.25) is 0 Å². The molecular formula is C13H18F2N2O3S. The molecule has 8 heteroatoms. The van der Waals surface area contributed by atoms with Crippen LogP contribution in [0.1, 0.15) is 25.7 Å². The second kappa shape index (κ2) is 6.25. The van der Waals surface area contributed by atoms with Crippen molar-refractivity contribution in [1.29, 1.82) is 0 Å². The smallest absolute Gasteiger partial charge is 0.249 e. The van der Waals surface area contributed by atoms with Crippen molar-refractivity contribution in [1.82, 2.24) is 4.31 Å². The Labute approximate surface area is 122 Å². The Morgan fingerprint density at radius 3 is 2.24 bits per heavy atom. The van der Waals surface area contributed by atoms with Gasteiger partial charge in [0.1, 0.15) is 11.6 Å². The van der Waals surface area contributed by atoms with Crippen LogP contribution in [0.5, 0.6) is 0 Å². The number of aliphatic hydroxyl groups is 1. The fourth-order valence-electron chi connectivity index (χ4n) is 2.73. The summed E-state index contributed by atoms with van der Waals surface area (Å²) in [4.78, 5) is -1.00. The molecule has 0 unspecified atom stereocenters. The zero-order valence-corrected chi connectivity index (χ0v) is 12.2. The molecule has 0 saturated heterocycles. The van der Waals surface area contributed by atoms with Crippen molar-refractivity contribution in [2.45, 2.75) is 36.6 Å². The maximum Gasteiger partial charge on any atom is 0.249 e. The van der Waals surface area contributed by atoms with E-state index in [9.17, 15) is 17.2 Å². The normalized spacial score (nSPS) is 16.8. The van der Waals surface area contributed by atoms with E-state index in [1.165, 1.54) is 0 Å². The maximum atomic E-state index is 13.9. The summed E-state index contributed by atoms with van der Waals surface area (Å²) in [6.45, 7) is -0.593. The number of sulfonamides is 1. The average Bonchev–Trinajstić information content (AvgIpc) is 2.87. The largest absolute Gasteiger partial charge is 0.399 e. The number of aliphatic hydroxyl groups excluding tert-OH is 1. The molecule has 1 fully saturated rings. The predicted octanol–water partition coefficient (Wildman–Crippen LogP) is 1.47. The van der Waals surface area contributed by atoms with Gasteiger partial charge in [-0.15, -0.1) is 0 Å². The lowest BCUT2D eigenvalue weighted by Crippen LogP contribution is -2.41. The van der Waals surface area contributed by atoms with Crippen molar-refractivity contribution < 1.29 is 22.3 Å². The van der Waals surface area contributed by atoms with E-state index in [4.69, 9.17) is 10.8 Å². The molecule has 3 N–H and O–H groups in total. The number of nitrogens with zero attached hydrogens (tertiary/aromatic N) is 1. The number of rotatable bonds is 5. The summed E-state index contributed by atoms with van der Waals surface area (Å²) in [5.74, 6) is -2.43. The highest BCUT2D eigenvalue weighted by Crippen LogP contribution is 2.31. The Morgan fingerprint density at radius 2 is 1.76 bits per heavy atom. The first-order valence-electron chi connectivity index (χ1n) is 6.75. The van der Waals surface area contributed by atoms with Crippen molar-refractivity contribution in [2.24, 2.45) is 0 Å². The minimum absolute atomic E-state index is 0.182. The van der Waals surface area contributed by atoms with Crippen LogP contribution in [0.15, 0.2) is 17.0 Å². The number of nitrogens with two attached hydrogens (primary N) is 1. The van der Waals surface area contributed by atoms with E-state index in [2.05, 4.69) is 0 Å². The van der Waals surface area contributed by atoms with Gasteiger partial charge in [-0.1, -0.05) is 12.8 Å². The van der Waals surface area contributed by atoms with Crippen LogP contribution in [-0.4, -0.2) is 37.0 Å². The highest BCUT2D eigenvalue weighted by atomic mass is 32.2. The molecule has 5 nitrogen and oxygen atoms in total. The lowest BCUT2D eigenvalue weighted by atomic mass is 10.2. The van der Waals surface area contributed by atoms with Crippen LogP contribution in [-0.2, 0) is 10.0 Å². The van der Waals surface area contributed by atoms with Gasteiger partial charge in [0.2, 0.25) is 10.0 Å². The highest BCUT2D eigenvalue weighted by Gasteiger charge is 2.36. The number of hydrogen-bond acceptors (Lipinski definition) is 4. The zero-order chi connectivity index (χ0) is 15.6. The summed E-state index contributed by atoms with van der Waals surface area (Å²) in [5.41, 5.74) is 5.12. The standard InChI is InChI=1S/C13H18F2N2O3S/c14-11-7-9(16)8-12(15)13(11)21(19,20)17(5-6-18)10-3-1-2-4-10/h7-8,10,18H,1-6,16H2. The molecule has 1 aliphatic carbocycles. The number of anilines is 1. The van der Waals surface area contributed by atoms with Crippen molar-refractivity contribution in [3.05, 3.63) is 23.8 Å². The summed E-state index contributed by atoms with van der Waals surface area (Å²) in [5, 5.41) is 9.08. The molecule has 0 spiro atoms. The van der Waals surface area contributed by atoms with E-state index in [0.29, 0.717) is 12.8 Å². The predicted molar refractivity (Wildman–Crippen MR) is 74.0 cm³/mol. The second-order valence-electron chi connectivity index (χ2n) is 5.09. The Kier molecular flexibility index (Phi) is 4.80. The van der Waals surface area contributed by atoms with Crippen LogP contribution >= 0.6 is 0 Å². The zero-order valence-electron chi connectivity index (χ0n) is 11.4. The summed E-state index contributed by atoms with van der Waals surface area (Å²) in [6, 6.07) is 1.22. The average molecular weight is 320 g/mol. The van der Waals surface area contributed by atoms with Gasteiger partial charge in [-0.05, 0) is 25.0 Å². The van der Waals surface area contributed by atoms with Gasteiger partial charge in [0.15, 0.2) is 4.90 Å². The van der Waals surface area contributed by atoms with E-state index in [1.807, 2.05) is 0 Å². The Balaban J connectivity index is 2.48. The lowest BCUT2D eigenvalue weighted by Gasteiger charge is -2.27. The number of hydrogen-bond donors (Lipinski definition) is 2. The fraction of sp³-hybridized carbons (Fsp3) is 0.538. The molecule has 1 aromatic rings. The highest BCUT2D eigenvalue weighted by molar-refractivity contribution is 7.89. The molecule has 1 aliphatic rings. The van der Waals surface area contributed by atoms with Crippen molar-refractivity contribution in [2.75, 3.05) is 18.9 Å². The van der Waals surface area contributed by atoms with E-state index < -0.39 is 33.2 Å². The quantitative estimate of drug-likeness (QED) is 0.805. The van der Waals surface area contributed by atoms with Crippen LogP contribution in [0, 0.1) is 11.6 Å². The van der Waals surface area contributed by atoms with Crippen molar-refractivity contribution >= 4 is 15.7 Å². The Hall–Kier alpha value is -1.25. The minimum Gasteiger partial charge on any atom is -0.399 e. The van der Waals surface area contributed by atoms with Gasteiger partial charge in [0.25, 0.3) is 0 Å². The lowest BCUT2D eigenvalue weighted by molar-refractivity contribution is 0.225. The number of nitrogen functional groups attached to an aromatic ring is 1. The van der Waals surface area contributed by atoms with Crippen LogP contribution in [0.25, 0.3) is 0 Å². The van der Waals surface area contributed by atoms with E-state index >= 15 is 0 Å². The van der Waals surface area contributed by atoms with Gasteiger partial charge in [-0.25, -0.2) is 17.2 Å². The second-order valence-corrected chi connectivity index (χ2v) is 6.92. The van der Waals surface area contributed by atoms with Gasteiger partial charge in [-0.3, -0.25) is 0 Å². The summed E-state index contributed by atoms with van der Waals surface area (Å²) in [6.07, 6.45) is 2.96. The van der Waals surface area contributed by atoms with E-state index in [0.717, 1.165) is 29.3 Å². The molecular weight excluding hydrogens is 302 g/mol.